The van der Waals surface area contributed by atoms with Crippen molar-refractivity contribution in [3.63, 3.8) is 0 Å². The lowest BCUT2D eigenvalue weighted by atomic mass is 9.95. The lowest BCUT2D eigenvalue weighted by Gasteiger charge is -2.09. The summed E-state index contributed by atoms with van der Waals surface area (Å²) >= 11 is 0. The molecule has 0 aliphatic carbocycles. The van der Waals surface area contributed by atoms with Gasteiger partial charge in [0, 0.05) is 5.92 Å². The number of carboxylic acids is 1. The van der Waals surface area contributed by atoms with Crippen molar-refractivity contribution in [2.45, 2.75) is 19.3 Å². The molecule has 0 fully saturated rings. The summed E-state index contributed by atoms with van der Waals surface area (Å²) < 4.78 is 0. The zero-order valence-electron chi connectivity index (χ0n) is 8.23. The van der Waals surface area contributed by atoms with Gasteiger partial charge in [0.15, 0.2) is 0 Å². The molecule has 2 nitrogen and oxygen atoms in total. The minimum absolute atomic E-state index is 0.0897. The largest absolute Gasteiger partial charge is 0.481 e. The first-order chi connectivity index (χ1) is 6.63. The van der Waals surface area contributed by atoms with Gasteiger partial charge in [-0.15, -0.1) is 6.58 Å². The molecule has 0 spiro atoms. The normalized spacial score (nSPS) is 12.1. The van der Waals surface area contributed by atoms with Crippen LogP contribution in [0.25, 0.3) is 0 Å². The average Bonchev–Trinajstić information content (AvgIpc) is 2.15. The van der Waals surface area contributed by atoms with Gasteiger partial charge in [-0.3, -0.25) is 4.79 Å². The van der Waals surface area contributed by atoms with Crippen LogP contribution < -0.4 is 0 Å². The quantitative estimate of drug-likeness (QED) is 0.741. The molecule has 0 saturated carbocycles. The zero-order chi connectivity index (χ0) is 10.6. The van der Waals surface area contributed by atoms with Gasteiger partial charge in [0.2, 0.25) is 0 Å². The molecule has 1 aromatic rings. The van der Waals surface area contributed by atoms with Gasteiger partial charge >= 0.3 is 5.97 Å². The van der Waals surface area contributed by atoms with E-state index >= 15 is 0 Å². The number of carboxylic acid groups (broad SMARTS) is 1. The molecular weight excluding hydrogens is 176 g/mol. The van der Waals surface area contributed by atoms with Crippen molar-refractivity contribution in [1.29, 1.82) is 0 Å². The molecule has 0 bridgehead atoms. The monoisotopic (exact) mass is 190 g/mol. The molecule has 0 saturated heterocycles. The second-order valence-corrected chi connectivity index (χ2v) is 3.35. The van der Waals surface area contributed by atoms with Crippen LogP contribution in [0.3, 0.4) is 0 Å². The Morgan fingerprint density at radius 3 is 2.50 bits per heavy atom. The van der Waals surface area contributed by atoms with Crippen molar-refractivity contribution in [1.82, 2.24) is 0 Å². The van der Waals surface area contributed by atoms with E-state index in [0.717, 1.165) is 5.56 Å². The highest BCUT2D eigenvalue weighted by Crippen LogP contribution is 2.20. The van der Waals surface area contributed by atoms with Crippen LogP contribution >= 0.6 is 0 Å². The van der Waals surface area contributed by atoms with Crippen molar-refractivity contribution < 1.29 is 9.90 Å². The first kappa shape index (κ1) is 10.5. The summed E-state index contributed by atoms with van der Waals surface area (Å²) in [6.07, 6.45) is 1.78. The number of aliphatic carboxylic acids is 1. The van der Waals surface area contributed by atoms with E-state index in [1.165, 1.54) is 5.56 Å². The average molecular weight is 190 g/mol. The summed E-state index contributed by atoms with van der Waals surface area (Å²) in [6, 6.07) is 7.86. The van der Waals surface area contributed by atoms with Gasteiger partial charge in [0.05, 0.1) is 6.42 Å². The van der Waals surface area contributed by atoms with Crippen LogP contribution in [0.5, 0.6) is 0 Å². The predicted octanol–water partition coefficient (Wildman–Crippen LogP) is 2.74. The molecule has 74 valence electrons. The van der Waals surface area contributed by atoms with Gasteiger partial charge < -0.3 is 5.11 Å². The molecule has 0 amide bonds. The lowest BCUT2D eigenvalue weighted by Crippen LogP contribution is -2.03. The van der Waals surface area contributed by atoms with Crippen LogP contribution in [0.4, 0.5) is 0 Å². The molecule has 1 atom stereocenters. The summed E-state index contributed by atoms with van der Waals surface area (Å²) in [7, 11) is 0. The van der Waals surface area contributed by atoms with Gasteiger partial charge in [0.1, 0.15) is 0 Å². The number of hydrogen-bond donors (Lipinski definition) is 1. The second kappa shape index (κ2) is 4.61. The fourth-order valence-corrected chi connectivity index (χ4v) is 1.34. The van der Waals surface area contributed by atoms with Crippen molar-refractivity contribution in [2.75, 3.05) is 0 Å². The van der Waals surface area contributed by atoms with Crippen molar-refractivity contribution in [2.24, 2.45) is 0 Å². The van der Waals surface area contributed by atoms with E-state index in [4.69, 9.17) is 5.11 Å². The van der Waals surface area contributed by atoms with E-state index in [1.807, 2.05) is 31.2 Å². The SMILES string of the molecule is C=C[C@@H](CC(=O)O)c1ccc(C)cc1. The zero-order valence-corrected chi connectivity index (χ0v) is 8.23. The Hall–Kier alpha value is -1.57. The Morgan fingerprint density at radius 1 is 1.50 bits per heavy atom. The third-order valence-corrected chi connectivity index (χ3v) is 2.18. The van der Waals surface area contributed by atoms with E-state index in [2.05, 4.69) is 6.58 Å². The van der Waals surface area contributed by atoms with Crippen LogP contribution in [-0.4, -0.2) is 11.1 Å². The highest BCUT2D eigenvalue weighted by atomic mass is 16.4. The van der Waals surface area contributed by atoms with Gasteiger partial charge in [-0.2, -0.15) is 0 Å². The number of hydrogen-bond acceptors (Lipinski definition) is 1. The summed E-state index contributed by atoms with van der Waals surface area (Å²) in [6.45, 7) is 5.65. The summed E-state index contributed by atoms with van der Waals surface area (Å²) in [5.74, 6) is -0.886. The maximum Gasteiger partial charge on any atom is 0.304 e. The maximum atomic E-state index is 10.6. The summed E-state index contributed by atoms with van der Waals surface area (Å²) in [5, 5.41) is 8.68. The lowest BCUT2D eigenvalue weighted by molar-refractivity contribution is -0.137. The molecule has 0 unspecified atom stereocenters. The van der Waals surface area contributed by atoms with Gasteiger partial charge in [-0.1, -0.05) is 35.9 Å². The number of allylic oxidation sites excluding steroid dienone is 1. The molecule has 0 heterocycles. The van der Waals surface area contributed by atoms with Gasteiger partial charge in [-0.05, 0) is 12.5 Å². The minimum Gasteiger partial charge on any atom is -0.481 e. The number of aryl methyl sites for hydroxylation is 1. The topological polar surface area (TPSA) is 37.3 Å². The van der Waals surface area contributed by atoms with Crippen molar-refractivity contribution >= 4 is 5.97 Å². The maximum absolute atomic E-state index is 10.6. The number of rotatable bonds is 4. The Morgan fingerprint density at radius 2 is 2.07 bits per heavy atom. The Bertz CT molecular complexity index is 325. The molecule has 0 aliphatic heterocycles. The van der Waals surface area contributed by atoms with Crippen LogP contribution in [0, 0.1) is 6.92 Å². The molecule has 1 aromatic carbocycles. The predicted molar refractivity (Wildman–Crippen MR) is 56.4 cm³/mol. The van der Waals surface area contributed by atoms with E-state index in [0.29, 0.717) is 0 Å². The fourth-order valence-electron chi connectivity index (χ4n) is 1.34. The van der Waals surface area contributed by atoms with Crippen LogP contribution in [-0.2, 0) is 4.79 Å². The minimum atomic E-state index is -0.796. The Kier molecular flexibility index (Phi) is 3.46. The molecule has 2 heteroatoms. The van der Waals surface area contributed by atoms with Crippen LogP contribution in [0.2, 0.25) is 0 Å². The van der Waals surface area contributed by atoms with Gasteiger partial charge in [0.25, 0.3) is 0 Å². The fraction of sp³-hybridized carbons (Fsp3) is 0.250. The summed E-state index contributed by atoms with van der Waals surface area (Å²) in [5.41, 5.74) is 2.18. The van der Waals surface area contributed by atoms with E-state index in [9.17, 15) is 4.79 Å². The molecule has 1 N–H and O–H groups in total. The van der Waals surface area contributed by atoms with E-state index < -0.39 is 5.97 Å². The van der Waals surface area contributed by atoms with Crippen LogP contribution in [0.15, 0.2) is 36.9 Å². The third-order valence-electron chi connectivity index (χ3n) is 2.18. The van der Waals surface area contributed by atoms with Crippen molar-refractivity contribution in [3.8, 4) is 0 Å². The number of carbonyl (C=O) groups is 1. The third kappa shape index (κ3) is 2.73. The number of benzene rings is 1. The highest BCUT2D eigenvalue weighted by Gasteiger charge is 2.11. The Balaban J connectivity index is 2.84. The summed E-state index contributed by atoms with van der Waals surface area (Å²) in [4.78, 5) is 10.6. The molecule has 0 aromatic heterocycles. The van der Waals surface area contributed by atoms with E-state index in [-0.39, 0.29) is 12.3 Å². The Labute approximate surface area is 83.9 Å². The highest BCUT2D eigenvalue weighted by molar-refractivity contribution is 5.68. The molecule has 0 radical (unpaired) electrons. The van der Waals surface area contributed by atoms with Crippen LogP contribution in [0.1, 0.15) is 23.5 Å². The standard InChI is InChI=1S/C12H14O2/c1-3-10(8-12(13)14)11-6-4-9(2)5-7-11/h3-7,10H,1,8H2,2H3,(H,13,14)/t10-/m0/s1. The molecule has 1 rings (SSSR count). The van der Waals surface area contributed by atoms with E-state index in [1.54, 1.807) is 6.08 Å². The molecular formula is C12H14O2. The molecule has 14 heavy (non-hydrogen) atoms. The van der Waals surface area contributed by atoms with Crippen molar-refractivity contribution in [3.05, 3.63) is 48.0 Å². The van der Waals surface area contributed by atoms with Gasteiger partial charge in [-0.25, -0.2) is 0 Å². The second-order valence-electron chi connectivity index (χ2n) is 3.35. The first-order valence-electron chi connectivity index (χ1n) is 4.54. The first-order valence-corrected chi connectivity index (χ1v) is 4.54. The smallest absolute Gasteiger partial charge is 0.304 e. The molecule has 0 aliphatic rings.